The lowest BCUT2D eigenvalue weighted by Gasteiger charge is -2.30. The molecule has 5 heteroatoms. The van der Waals surface area contributed by atoms with E-state index >= 15 is 0 Å². The van der Waals surface area contributed by atoms with Crippen LogP contribution in [0.3, 0.4) is 0 Å². The molecule has 0 saturated heterocycles. The van der Waals surface area contributed by atoms with E-state index in [-0.39, 0.29) is 18.7 Å². The third-order valence-electron chi connectivity index (χ3n) is 1.98. The first-order valence-corrected chi connectivity index (χ1v) is 6.16. The van der Waals surface area contributed by atoms with Crippen molar-refractivity contribution in [3.63, 3.8) is 0 Å². The van der Waals surface area contributed by atoms with E-state index in [1.165, 1.54) is 0 Å². The molecule has 0 radical (unpaired) electrons. The van der Waals surface area contributed by atoms with E-state index in [0.717, 1.165) is 6.42 Å². The van der Waals surface area contributed by atoms with Crippen LogP contribution in [0, 0.1) is 0 Å². The molecule has 96 valence electrons. The van der Waals surface area contributed by atoms with Gasteiger partial charge in [-0.3, -0.25) is 0 Å². The van der Waals surface area contributed by atoms with Crippen LogP contribution in [0.5, 0.6) is 0 Å². The Bertz CT molecular complexity index is 216. The molecular formula is C11H23NO3S. The van der Waals surface area contributed by atoms with Crippen molar-refractivity contribution >= 4 is 18.7 Å². The van der Waals surface area contributed by atoms with Gasteiger partial charge in [0, 0.05) is 6.54 Å². The van der Waals surface area contributed by atoms with Crippen LogP contribution in [0.4, 0.5) is 4.79 Å². The van der Waals surface area contributed by atoms with Gasteiger partial charge in [-0.1, -0.05) is 0 Å². The normalized spacial score (nSPS) is 13.4. The van der Waals surface area contributed by atoms with Gasteiger partial charge in [-0.05, 0) is 39.9 Å². The maximum absolute atomic E-state index is 11.8. The van der Waals surface area contributed by atoms with Crippen LogP contribution >= 0.6 is 12.6 Å². The SMILES string of the molecule is CC(CO)N(CCCS)C(=O)OC(C)(C)C. The number of aliphatic hydroxyl groups excluding tert-OH is 1. The summed E-state index contributed by atoms with van der Waals surface area (Å²) < 4.78 is 5.27. The van der Waals surface area contributed by atoms with Crippen LogP contribution in [0.15, 0.2) is 0 Å². The van der Waals surface area contributed by atoms with Crippen LogP contribution < -0.4 is 0 Å². The Morgan fingerprint density at radius 1 is 1.50 bits per heavy atom. The highest BCUT2D eigenvalue weighted by molar-refractivity contribution is 7.80. The maximum atomic E-state index is 11.8. The topological polar surface area (TPSA) is 49.8 Å². The maximum Gasteiger partial charge on any atom is 0.410 e. The first kappa shape index (κ1) is 15.6. The average Bonchev–Trinajstić information content (AvgIpc) is 2.15. The van der Waals surface area contributed by atoms with Gasteiger partial charge in [-0.25, -0.2) is 4.79 Å². The lowest BCUT2D eigenvalue weighted by Crippen LogP contribution is -2.44. The molecule has 0 heterocycles. The predicted molar refractivity (Wildman–Crippen MR) is 68.0 cm³/mol. The quantitative estimate of drug-likeness (QED) is 0.732. The molecule has 0 aliphatic heterocycles. The van der Waals surface area contributed by atoms with Crippen molar-refractivity contribution in [1.29, 1.82) is 0 Å². The molecule has 0 spiro atoms. The fraction of sp³-hybridized carbons (Fsp3) is 0.909. The molecule has 1 unspecified atom stereocenters. The predicted octanol–water partition coefficient (Wildman–Crippen LogP) is 1.92. The molecule has 0 aromatic heterocycles. The van der Waals surface area contributed by atoms with E-state index in [2.05, 4.69) is 12.6 Å². The molecule has 0 aliphatic carbocycles. The lowest BCUT2D eigenvalue weighted by molar-refractivity contribution is 0.0117. The first-order chi connectivity index (χ1) is 7.31. The molecule has 0 aromatic rings. The second-order valence-corrected chi connectivity index (χ2v) is 5.23. The minimum atomic E-state index is -0.508. The van der Waals surface area contributed by atoms with E-state index < -0.39 is 5.60 Å². The molecule has 0 fully saturated rings. The zero-order chi connectivity index (χ0) is 12.8. The van der Waals surface area contributed by atoms with Crippen LogP contribution in [-0.2, 0) is 4.74 Å². The van der Waals surface area contributed by atoms with Gasteiger partial charge in [0.25, 0.3) is 0 Å². The molecule has 0 aromatic carbocycles. The summed E-state index contributed by atoms with van der Waals surface area (Å²) in [5.41, 5.74) is -0.508. The Hall–Kier alpha value is -0.420. The summed E-state index contributed by atoms with van der Waals surface area (Å²) in [6, 6.07) is -0.227. The molecule has 16 heavy (non-hydrogen) atoms. The third kappa shape index (κ3) is 6.23. The van der Waals surface area contributed by atoms with Crippen LogP contribution in [0.1, 0.15) is 34.1 Å². The molecule has 0 rings (SSSR count). The van der Waals surface area contributed by atoms with Crippen LogP contribution in [0.25, 0.3) is 0 Å². The van der Waals surface area contributed by atoms with Crippen molar-refractivity contribution in [3.8, 4) is 0 Å². The second-order valence-electron chi connectivity index (χ2n) is 4.78. The Labute approximate surface area is 103 Å². The summed E-state index contributed by atoms with van der Waals surface area (Å²) in [5, 5.41) is 9.08. The van der Waals surface area contributed by atoms with Gasteiger partial charge in [0.15, 0.2) is 0 Å². The number of aliphatic hydroxyl groups is 1. The van der Waals surface area contributed by atoms with Gasteiger partial charge in [-0.15, -0.1) is 0 Å². The summed E-state index contributed by atoms with van der Waals surface area (Å²) >= 11 is 4.11. The highest BCUT2D eigenvalue weighted by Gasteiger charge is 2.24. The van der Waals surface area contributed by atoms with Crippen molar-refractivity contribution in [2.75, 3.05) is 18.9 Å². The minimum Gasteiger partial charge on any atom is -0.444 e. The Kier molecular flexibility index (Phi) is 6.83. The first-order valence-electron chi connectivity index (χ1n) is 5.53. The van der Waals surface area contributed by atoms with Crippen molar-refractivity contribution < 1.29 is 14.6 Å². The van der Waals surface area contributed by atoms with Gasteiger partial charge in [0.2, 0.25) is 0 Å². The fourth-order valence-corrected chi connectivity index (χ4v) is 1.29. The highest BCUT2D eigenvalue weighted by Crippen LogP contribution is 2.12. The fourth-order valence-electron chi connectivity index (χ4n) is 1.15. The highest BCUT2D eigenvalue weighted by atomic mass is 32.1. The Morgan fingerprint density at radius 2 is 2.06 bits per heavy atom. The van der Waals surface area contributed by atoms with Gasteiger partial charge in [-0.2, -0.15) is 12.6 Å². The summed E-state index contributed by atoms with van der Waals surface area (Å²) in [6.45, 7) is 7.76. The third-order valence-corrected chi connectivity index (χ3v) is 2.30. The van der Waals surface area contributed by atoms with Crippen molar-refractivity contribution in [1.82, 2.24) is 4.90 Å². The molecule has 1 atom stereocenters. The van der Waals surface area contributed by atoms with Gasteiger partial charge in [0.1, 0.15) is 5.60 Å². The van der Waals surface area contributed by atoms with E-state index in [1.807, 2.05) is 20.8 Å². The number of amides is 1. The largest absolute Gasteiger partial charge is 0.444 e. The number of carbonyl (C=O) groups is 1. The number of hydrogen-bond donors (Lipinski definition) is 2. The molecule has 0 aliphatic rings. The summed E-state index contributed by atoms with van der Waals surface area (Å²) in [7, 11) is 0. The zero-order valence-electron chi connectivity index (χ0n) is 10.6. The van der Waals surface area contributed by atoms with E-state index in [4.69, 9.17) is 9.84 Å². The Balaban J connectivity index is 4.43. The smallest absolute Gasteiger partial charge is 0.410 e. The van der Waals surface area contributed by atoms with Crippen LogP contribution in [-0.4, -0.2) is 46.6 Å². The van der Waals surface area contributed by atoms with Crippen molar-refractivity contribution in [2.24, 2.45) is 0 Å². The minimum absolute atomic E-state index is 0.0637. The summed E-state index contributed by atoms with van der Waals surface area (Å²) in [4.78, 5) is 13.4. The van der Waals surface area contributed by atoms with E-state index in [0.29, 0.717) is 12.3 Å². The van der Waals surface area contributed by atoms with Crippen molar-refractivity contribution in [3.05, 3.63) is 0 Å². The van der Waals surface area contributed by atoms with E-state index in [9.17, 15) is 4.79 Å². The number of ether oxygens (including phenoxy) is 1. The Morgan fingerprint density at radius 3 is 2.44 bits per heavy atom. The molecule has 4 nitrogen and oxygen atoms in total. The number of thiol groups is 1. The van der Waals surface area contributed by atoms with Gasteiger partial charge in [0.05, 0.1) is 12.6 Å². The number of rotatable bonds is 5. The number of nitrogens with zero attached hydrogens (tertiary/aromatic N) is 1. The standard InChI is InChI=1S/C11H23NO3S/c1-9(8-13)12(6-5-7-16)10(14)15-11(2,3)4/h9,13,16H,5-8H2,1-4H3. The molecule has 1 amide bonds. The monoisotopic (exact) mass is 249 g/mol. The average molecular weight is 249 g/mol. The van der Waals surface area contributed by atoms with Crippen LogP contribution in [0.2, 0.25) is 0 Å². The molecule has 0 bridgehead atoms. The number of carbonyl (C=O) groups excluding carboxylic acids is 1. The van der Waals surface area contributed by atoms with E-state index in [1.54, 1.807) is 11.8 Å². The zero-order valence-corrected chi connectivity index (χ0v) is 11.5. The second kappa shape index (κ2) is 7.01. The number of hydrogen-bond acceptors (Lipinski definition) is 4. The van der Waals surface area contributed by atoms with Gasteiger partial charge >= 0.3 is 6.09 Å². The molecular weight excluding hydrogens is 226 g/mol. The van der Waals surface area contributed by atoms with Gasteiger partial charge < -0.3 is 14.7 Å². The summed E-state index contributed by atoms with van der Waals surface area (Å²) in [6.07, 6.45) is 0.406. The molecule has 0 saturated carbocycles. The van der Waals surface area contributed by atoms with Crippen molar-refractivity contribution in [2.45, 2.75) is 45.8 Å². The molecule has 1 N–H and O–H groups in total. The summed E-state index contributed by atoms with van der Waals surface area (Å²) in [5.74, 6) is 0.706. The lowest BCUT2D eigenvalue weighted by atomic mass is 10.2.